The Morgan fingerprint density at radius 1 is 1.58 bits per heavy atom. The molecule has 0 saturated carbocycles. The van der Waals surface area contributed by atoms with Crippen molar-refractivity contribution in [2.45, 2.75) is 0 Å². The topological polar surface area (TPSA) is 101 Å². The molecule has 12 heavy (non-hydrogen) atoms. The smallest absolute Gasteiger partial charge is 0.0730 e. The summed E-state index contributed by atoms with van der Waals surface area (Å²) < 4.78 is 0. The van der Waals surface area contributed by atoms with Gasteiger partial charge in [0.15, 0.2) is 0 Å². The molecule has 0 bridgehead atoms. The monoisotopic (exact) mass is 192 g/mol. The van der Waals surface area contributed by atoms with Crippen LogP contribution in [0.25, 0.3) is 0 Å². The standard InChI is InChI=1S/C6H5NO2.ClH.H4NO/c8-6(9)5-2-1-3-7-4-5;;1-2/h1-4H,(H,8,9);1H;2H,1H3/q;;+1/p-1. The minimum Gasteiger partial charge on any atom is -0.545 e. The maximum absolute atomic E-state index is 10.0. The molecular weight excluding hydrogens is 184 g/mol. The summed E-state index contributed by atoms with van der Waals surface area (Å²) in [7, 11) is 0. The second-order valence-electron chi connectivity index (χ2n) is 1.53. The number of nitrogens with zero attached hydrogens (tertiary/aromatic N) is 1. The number of halogens is 1. The lowest BCUT2D eigenvalue weighted by Crippen LogP contribution is -2.42. The first-order valence-electron chi connectivity index (χ1n) is 2.73. The van der Waals surface area contributed by atoms with Crippen molar-refractivity contribution in [3.05, 3.63) is 30.1 Å². The fraction of sp³-hybridized carbons (Fsp3) is 0. The van der Waals surface area contributed by atoms with E-state index in [1.807, 2.05) is 0 Å². The zero-order chi connectivity index (χ0) is 8.69. The number of aromatic nitrogens is 1. The lowest BCUT2D eigenvalue weighted by Gasteiger charge is -1.97. The van der Waals surface area contributed by atoms with E-state index < -0.39 is 5.97 Å². The highest BCUT2D eigenvalue weighted by atomic mass is 35.5. The highest BCUT2D eigenvalue weighted by molar-refractivity contribution is 5.85. The van der Waals surface area contributed by atoms with Crippen LogP contribution in [0.4, 0.5) is 0 Å². The predicted octanol–water partition coefficient (Wildman–Crippen LogP) is -1.52. The minimum atomic E-state index is -1.19. The SMILES string of the molecule is Cl.O=C([O-])c1cccnc1.[NH3+]O. The van der Waals surface area contributed by atoms with Crippen LogP contribution in [0.2, 0.25) is 0 Å². The van der Waals surface area contributed by atoms with E-state index in [0.29, 0.717) is 0 Å². The van der Waals surface area contributed by atoms with E-state index in [9.17, 15) is 9.90 Å². The molecule has 1 heterocycles. The number of rotatable bonds is 1. The van der Waals surface area contributed by atoms with Gasteiger partial charge in [-0.1, -0.05) is 6.07 Å². The van der Waals surface area contributed by atoms with Gasteiger partial charge in [-0.3, -0.25) is 4.98 Å². The molecule has 0 amide bonds. The molecule has 0 saturated heterocycles. The fourth-order valence-electron chi connectivity index (χ4n) is 0.484. The summed E-state index contributed by atoms with van der Waals surface area (Å²) in [5.41, 5.74) is 0.109. The number of carboxylic acids is 1. The summed E-state index contributed by atoms with van der Waals surface area (Å²) in [4.78, 5) is 13.6. The minimum absolute atomic E-state index is 0. The molecule has 0 radical (unpaired) electrons. The Labute approximate surface area is 75.2 Å². The van der Waals surface area contributed by atoms with Crippen molar-refractivity contribution in [1.82, 2.24) is 4.98 Å². The van der Waals surface area contributed by atoms with Crippen LogP contribution in [0.3, 0.4) is 0 Å². The molecule has 0 unspecified atom stereocenters. The Balaban J connectivity index is 0. The summed E-state index contributed by atoms with van der Waals surface area (Å²) in [5.74, 6) is 1.06. The summed E-state index contributed by atoms with van der Waals surface area (Å²) in [6.07, 6.45) is 2.75. The lowest BCUT2D eigenvalue weighted by atomic mass is 10.3. The summed E-state index contributed by atoms with van der Waals surface area (Å²) >= 11 is 0. The van der Waals surface area contributed by atoms with Crippen molar-refractivity contribution in [3.8, 4) is 0 Å². The first-order valence-corrected chi connectivity index (χ1v) is 2.73. The second-order valence-corrected chi connectivity index (χ2v) is 1.53. The molecule has 0 aliphatic rings. The molecule has 68 valence electrons. The largest absolute Gasteiger partial charge is 0.545 e. The van der Waals surface area contributed by atoms with Gasteiger partial charge in [0.25, 0.3) is 0 Å². The third-order valence-electron chi connectivity index (χ3n) is 0.897. The summed E-state index contributed by atoms with van der Waals surface area (Å²) in [6, 6.07) is 2.98. The average Bonchev–Trinajstić information content (AvgIpc) is 2.10. The molecule has 0 aliphatic heterocycles. The van der Waals surface area contributed by atoms with Crippen molar-refractivity contribution in [3.63, 3.8) is 0 Å². The molecule has 0 atom stereocenters. The number of carbonyl (C=O) groups excluding carboxylic acids is 1. The second kappa shape index (κ2) is 7.93. The van der Waals surface area contributed by atoms with E-state index in [1.54, 1.807) is 6.07 Å². The van der Waals surface area contributed by atoms with Gasteiger partial charge in [-0.2, -0.15) is 0 Å². The van der Waals surface area contributed by atoms with Crippen LogP contribution in [-0.4, -0.2) is 16.2 Å². The highest BCUT2D eigenvalue weighted by Gasteiger charge is 1.87. The number of aromatic carboxylic acids is 1. The molecule has 1 aromatic rings. The van der Waals surface area contributed by atoms with Crippen molar-refractivity contribution in [2.24, 2.45) is 0 Å². The third kappa shape index (κ3) is 4.62. The van der Waals surface area contributed by atoms with Crippen molar-refractivity contribution in [2.75, 3.05) is 0 Å². The van der Waals surface area contributed by atoms with Crippen LogP contribution >= 0.6 is 12.4 Å². The maximum Gasteiger partial charge on any atom is 0.0730 e. The van der Waals surface area contributed by atoms with Gasteiger partial charge < -0.3 is 9.90 Å². The van der Waals surface area contributed by atoms with Gasteiger partial charge in [0, 0.05) is 18.0 Å². The fourth-order valence-corrected chi connectivity index (χ4v) is 0.484. The van der Waals surface area contributed by atoms with Gasteiger partial charge in [0.2, 0.25) is 0 Å². The molecule has 0 aliphatic carbocycles. The number of hydrogen-bond acceptors (Lipinski definition) is 4. The Morgan fingerprint density at radius 2 is 2.17 bits per heavy atom. The van der Waals surface area contributed by atoms with Gasteiger partial charge in [0.1, 0.15) is 0 Å². The number of quaternary nitrogens is 1. The van der Waals surface area contributed by atoms with E-state index in [1.165, 1.54) is 18.5 Å². The van der Waals surface area contributed by atoms with Gasteiger partial charge in [-0.05, 0) is 6.07 Å². The quantitative estimate of drug-likeness (QED) is 0.528. The molecule has 6 heteroatoms. The van der Waals surface area contributed by atoms with Crippen molar-refractivity contribution < 1.29 is 21.0 Å². The third-order valence-corrected chi connectivity index (χ3v) is 0.897. The Bertz CT molecular complexity index is 217. The molecule has 0 spiro atoms. The van der Waals surface area contributed by atoms with Gasteiger partial charge in [-0.25, -0.2) is 11.1 Å². The lowest BCUT2D eigenvalue weighted by molar-refractivity contribution is -0.670. The molecule has 1 rings (SSSR count). The average molecular weight is 193 g/mol. The van der Waals surface area contributed by atoms with Gasteiger partial charge in [-0.15, -0.1) is 12.4 Å². The van der Waals surface area contributed by atoms with Gasteiger partial charge >= 0.3 is 0 Å². The number of pyridine rings is 1. The van der Waals surface area contributed by atoms with Crippen LogP contribution in [0.5, 0.6) is 0 Å². The van der Waals surface area contributed by atoms with Crippen molar-refractivity contribution >= 4 is 18.4 Å². The Hall–Kier alpha value is -1.17. The number of hydrogen-bond donors (Lipinski definition) is 2. The molecule has 5 nitrogen and oxygen atoms in total. The highest BCUT2D eigenvalue weighted by Crippen LogP contribution is 1.90. The molecular formula is C6H9ClN2O3. The normalized spacial score (nSPS) is 7.17. The van der Waals surface area contributed by atoms with Crippen molar-refractivity contribution in [1.29, 1.82) is 0 Å². The Morgan fingerprint density at radius 3 is 2.42 bits per heavy atom. The van der Waals surface area contributed by atoms with E-state index in [0.717, 1.165) is 0 Å². The molecule has 0 aromatic carbocycles. The first kappa shape index (κ1) is 13.4. The van der Waals surface area contributed by atoms with Crippen LogP contribution in [-0.2, 0) is 0 Å². The predicted molar refractivity (Wildman–Crippen MR) is 40.5 cm³/mol. The van der Waals surface area contributed by atoms with E-state index >= 15 is 0 Å². The molecule has 0 fully saturated rings. The summed E-state index contributed by atoms with van der Waals surface area (Å²) in [6.45, 7) is 0. The van der Waals surface area contributed by atoms with E-state index in [4.69, 9.17) is 5.21 Å². The van der Waals surface area contributed by atoms with Crippen LogP contribution in [0.1, 0.15) is 10.4 Å². The molecule has 4 N–H and O–H groups in total. The number of carbonyl (C=O) groups is 1. The van der Waals surface area contributed by atoms with E-state index in [2.05, 4.69) is 10.9 Å². The first-order chi connectivity index (χ1) is 5.30. The van der Waals surface area contributed by atoms with Crippen LogP contribution in [0.15, 0.2) is 24.5 Å². The van der Waals surface area contributed by atoms with Crippen LogP contribution in [0, 0.1) is 0 Å². The van der Waals surface area contributed by atoms with Gasteiger partial charge in [0.05, 0.1) is 5.97 Å². The Kier molecular flexibility index (Phi) is 8.87. The van der Waals surface area contributed by atoms with E-state index in [-0.39, 0.29) is 18.0 Å². The zero-order valence-electron chi connectivity index (χ0n) is 6.14. The van der Waals surface area contributed by atoms with Crippen LogP contribution < -0.4 is 11.0 Å². The summed E-state index contributed by atoms with van der Waals surface area (Å²) in [5, 5.41) is 16.8. The maximum atomic E-state index is 10.0. The molecule has 1 aromatic heterocycles. The zero-order valence-corrected chi connectivity index (χ0v) is 6.95. The number of carboxylic acid groups (broad SMARTS) is 1.